The molecule has 4 saturated heterocycles. The summed E-state index contributed by atoms with van der Waals surface area (Å²) in [6.07, 6.45) is 6.74. The van der Waals surface area contributed by atoms with Crippen molar-refractivity contribution in [2.24, 2.45) is 17.3 Å². The topological polar surface area (TPSA) is 182 Å². The lowest BCUT2D eigenvalue weighted by atomic mass is 9.72. The van der Waals surface area contributed by atoms with Crippen molar-refractivity contribution in [2.75, 3.05) is 113 Å². The molecule has 2 atom stereocenters. The molecule has 0 spiro atoms. The van der Waals surface area contributed by atoms with Crippen LogP contribution in [0.3, 0.4) is 0 Å². The molecule has 0 radical (unpaired) electrons. The highest BCUT2D eigenvalue weighted by Crippen LogP contribution is 2.44. The van der Waals surface area contributed by atoms with Crippen LogP contribution in [-0.4, -0.2) is 148 Å². The molecule has 0 bridgehead atoms. The van der Waals surface area contributed by atoms with Crippen LogP contribution in [0.2, 0.25) is 5.02 Å². The first-order valence-corrected chi connectivity index (χ1v) is 27.7. The lowest BCUT2D eigenvalue weighted by Crippen LogP contribution is -2.48. The molecule has 5 aliphatic heterocycles. The van der Waals surface area contributed by atoms with E-state index in [1.54, 1.807) is 12.3 Å². The molecule has 1 amide bonds. The maximum absolute atomic E-state index is 14.5. The van der Waals surface area contributed by atoms with Gasteiger partial charge in [-0.25, -0.2) is 13.1 Å². The number of amides is 1. The Hall–Kier alpha value is -5.76. The van der Waals surface area contributed by atoms with Crippen LogP contribution in [0.1, 0.15) is 61.9 Å². The first-order valence-electron chi connectivity index (χ1n) is 25.8. The van der Waals surface area contributed by atoms with Crippen molar-refractivity contribution in [3.63, 3.8) is 0 Å². The minimum atomic E-state index is -4.59. The molecule has 2 unspecified atom stereocenters. The number of nitrogens with zero attached hydrogens (tertiary/aromatic N) is 7. The number of nitrogens with one attached hydrogen (secondary N) is 3. The van der Waals surface area contributed by atoms with E-state index >= 15 is 0 Å². The summed E-state index contributed by atoms with van der Waals surface area (Å²) in [6, 6.07) is 21.9. The number of anilines is 4. The number of rotatable bonds is 14. The number of benzene rings is 3. The van der Waals surface area contributed by atoms with E-state index < -0.39 is 20.9 Å². The van der Waals surface area contributed by atoms with E-state index in [4.69, 9.17) is 26.1 Å². The van der Waals surface area contributed by atoms with Crippen molar-refractivity contribution in [3.8, 4) is 5.88 Å². The van der Waals surface area contributed by atoms with Gasteiger partial charge >= 0.3 is 0 Å². The Bertz CT molecular complexity index is 3030. The third-order valence-electron chi connectivity index (χ3n) is 16.1. The molecule has 1 aliphatic carbocycles. The van der Waals surface area contributed by atoms with Gasteiger partial charge in [0.1, 0.15) is 17.0 Å². The molecule has 19 heteroatoms. The number of nitro groups is 1. The second kappa shape index (κ2) is 20.5. The lowest BCUT2D eigenvalue weighted by Gasteiger charge is -2.39. The highest BCUT2D eigenvalue weighted by molar-refractivity contribution is 7.90. The normalized spacial score (nSPS) is 22.1. The van der Waals surface area contributed by atoms with Crippen LogP contribution < -0.4 is 24.6 Å². The number of sulfonamides is 1. The molecule has 4 fully saturated rings. The summed E-state index contributed by atoms with van der Waals surface area (Å²) in [4.78, 5) is 45.7. The zero-order chi connectivity index (χ0) is 50.4. The second-order valence-electron chi connectivity index (χ2n) is 21.5. The fourth-order valence-electron chi connectivity index (χ4n) is 11.8. The Morgan fingerprint density at radius 3 is 2.52 bits per heavy atom. The van der Waals surface area contributed by atoms with Crippen molar-refractivity contribution in [1.29, 1.82) is 0 Å². The van der Waals surface area contributed by atoms with E-state index in [2.05, 4.69) is 60.6 Å². The first kappa shape index (κ1) is 49.5. The van der Waals surface area contributed by atoms with Gasteiger partial charge in [-0.15, -0.1) is 0 Å². The number of aromatic amines is 1. The monoisotopic (exact) mass is 1030 g/mol. The van der Waals surface area contributed by atoms with E-state index in [-0.39, 0.29) is 27.2 Å². The van der Waals surface area contributed by atoms with E-state index in [9.17, 15) is 23.3 Å². The summed E-state index contributed by atoms with van der Waals surface area (Å²) in [7, 11) is -4.59. The van der Waals surface area contributed by atoms with Gasteiger partial charge < -0.3 is 34.5 Å². The summed E-state index contributed by atoms with van der Waals surface area (Å²) in [6.45, 7) is 16.6. The number of fused-ring (bicyclic) bond motifs is 3. The van der Waals surface area contributed by atoms with Crippen LogP contribution >= 0.6 is 11.6 Å². The number of carbonyl (C=O) groups excluding carboxylic acids is 1. The van der Waals surface area contributed by atoms with Gasteiger partial charge in [0.05, 0.1) is 46.9 Å². The van der Waals surface area contributed by atoms with E-state index in [0.29, 0.717) is 73.4 Å². The molecule has 5 aromatic rings. The van der Waals surface area contributed by atoms with Crippen LogP contribution in [0.25, 0.3) is 16.6 Å². The number of aromatic nitrogens is 2. The number of allylic oxidation sites excluding steroid dienone is 1. The van der Waals surface area contributed by atoms with Crippen LogP contribution in [0.4, 0.5) is 28.4 Å². The first-order chi connectivity index (χ1) is 35.2. The molecule has 7 heterocycles. The summed E-state index contributed by atoms with van der Waals surface area (Å²) < 4.78 is 42.1. The van der Waals surface area contributed by atoms with Gasteiger partial charge in [0.15, 0.2) is 0 Å². The van der Waals surface area contributed by atoms with Gasteiger partial charge in [0, 0.05) is 100 Å². The van der Waals surface area contributed by atoms with E-state index in [1.807, 2.05) is 41.3 Å². The maximum atomic E-state index is 14.5. The number of pyridine rings is 1. The van der Waals surface area contributed by atoms with Crippen molar-refractivity contribution >= 4 is 72.6 Å². The van der Waals surface area contributed by atoms with Crippen molar-refractivity contribution in [2.45, 2.75) is 56.9 Å². The fourth-order valence-corrected chi connectivity index (χ4v) is 12.9. The Kier molecular flexibility index (Phi) is 13.9. The summed E-state index contributed by atoms with van der Waals surface area (Å²) >= 11 is 6.29. The summed E-state index contributed by atoms with van der Waals surface area (Å²) in [5.41, 5.74) is 7.00. The number of likely N-dealkylation sites (tertiary alicyclic amines) is 2. The SMILES string of the molecule is CC1(C)CCC(CN2CCN(c3ccc(C(=O)NS(=O)(=O)c4ccc(NCCN5CCC6CN(C7COC7)CC6C5)c([N+](=O)[O-])c4)c(N4CCCOc5nc6[nH]ccc6cc54)c3)CC2)=C(c2ccc(Cl)cc2)C1. The molecule has 6 aliphatic rings. The van der Waals surface area contributed by atoms with Crippen molar-refractivity contribution < 1.29 is 27.6 Å². The smallest absolute Gasteiger partial charge is 0.293 e. The Labute approximate surface area is 432 Å². The van der Waals surface area contributed by atoms with Crippen molar-refractivity contribution in [3.05, 3.63) is 111 Å². The van der Waals surface area contributed by atoms with Gasteiger partial charge in [-0.05, 0) is 122 Å². The third kappa shape index (κ3) is 10.6. The lowest BCUT2D eigenvalue weighted by molar-refractivity contribution is -0.384. The highest BCUT2D eigenvalue weighted by Gasteiger charge is 2.41. The minimum Gasteiger partial charge on any atom is -0.476 e. The van der Waals surface area contributed by atoms with E-state index in [0.717, 1.165) is 120 Å². The largest absolute Gasteiger partial charge is 0.476 e. The number of H-pyrrole nitrogens is 1. The summed E-state index contributed by atoms with van der Waals surface area (Å²) in [5.74, 6) is 0.815. The van der Waals surface area contributed by atoms with Gasteiger partial charge in [-0.3, -0.25) is 24.7 Å². The van der Waals surface area contributed by atoms with Crippen LogP contribution in [0, 0.1) is 27.4 Å². The molecular weight excluding hydrogens is 968 g/mol. The van der Waals surface area contributed by atoms with Crippen LogP contribution in [0.5, 0.6) is 5.88 Å². The number of hydrogen-bond donors (Lipinski definition) is 3. The summed E-state index contributed by atoms with van der Waals surface area (Å²) in [5, 5.41) is 17.2. The molecule has 73 heavy (non-hydrogen) atoms. The third-order valence-corrected chi connectivity index (χ3v) is 17.7. The zero-order valence-corrected chi connectivity index (χ0v) is 43.2. The number of piperidine rings is 1. The molecule has 3 N–H and O–H groups in total. The van der Waals surface area contributed by atoms with Crippen LogP contribution in [-0.2, 0) is 14.8 Å². The predicted octanol–water partition coefficient (Wildman–Crippen LogP) is 8.01. The quantitative estimate of drug-likeness (QED) is 0.0719. The van der Waals surface area contributed by atoms with Gasteiger partial charge in [0.25, 0.3) is 21.6 Å². The molecular formula is C54H65ClN10O7S. The van der Waals surface area contributed by atoms with Crippen LogP contribution in [0.15, 0.2) is 89.5 Å². The second-order valence-corrected chi connectivity index (χ2v) is 23.6. The van der Waals surface area contributed by atoms with Gasteiger partial charge in [0.2, 0.25) is 5.88 Å². The Balaban J connectivity index is 0.810. The fraction of sp³-hybridized carbons (Fsp3) is 0.481. The standard InChI is InChI=1S/C54H65ClN10O7S/c1-54(2)15-12-39(46(29-54)36-4-6-41(55)7-5-36)30-61-21-23-62(24-22-61)42-8-10-45(48(27-42)64-18-3-25-72-53-50(64)26-37-13-16-57-51(37)58-53)52(66)59-73(69,70)44-9-11-47(49(28-44)65(67)68)56-17-20-60-19-14-38-32-63(33-40(38)31-60)43-34-71-35-43/h4-11,13,16,26-28,38,40,43,56H,3,12,14-15,17-25,29-35H2,1-2H3,(H,57,58)(H,59,66). The maximum Gasteiger partial charge on any atom is 0.293 e. The molecule has 3 aromatic carbocycles. The number of nitro benzene ring substituents is 1. The molecule has 386 valence electrons. The predicted molar refractivity (Wildman–Crippen MR) is 285 cm³/mol. The van der Waals surface area contributed by atoms with Gasteiger partial charge in [-0.1, -0.05) is 43.2 Å². The van der Waals surface area contributed by atoms with E-state index in [1.165, 1.54) is 28.8 Å². The highest BCUT2D eigenvalue weighted by atomic mass is 35.5. The number of hydrogen-bond acceptors (Lipinski definition) is 14. The van der Waals surface area contributed by atoms with Crippen molar-refractivity contribution in [1.82, 2.24) is 29.4 Å². The number of piperazine rings is 1. The average Bonchev–Trinajstić information content (AvgIpc) is 3.94. The zero-order valence-electron chi connectivity index (χ0n) is 41.7. The minimum absolute atomic E-state index is 0.119. The Morgan fingerprint density at radius 1 is 0.932 bits per heavy atom. The molecule has 11 rings (SSSR count). The molecule has 17 nitrogen and oxygen atoms in total. The number of ether oxygens (including phenoxy) is 2. The molecule has 0 saturated carbocycles. The number of carbonyl (C=O) groups is 1. The van der Waals surface area contributed by atoms with Gasteiger partial charge in [-0.2, -0.15) is 4.98 Å². The molecule has 2 aromatic heterocycles. The average molecular weight is 1030 g/mol. The number of halogens is 1. The Morgan fingerprint density at radius 2 is 1.74 bits per heavy atom.